The third kappa shape index (κ3) is 5.11. The molecule has 1 atom stereocenters. The molecule has 0 aliphatic rings. The highest BCUT2D eigenvalue weighted by molar-refractivity contribution is 5.96. The van der Waals surface area contributed by atoms with Gasteiger partial charge in [0.2, 0.25) is 5.75 Å². The van der Waals surface area contributed by atoms with Crippen molar-refractivity contribution in [2.75, 3.05) is 7.11 Å². The number of benzene rings is 1. The zero-order valence-electron chi connectivity index (χ0n) is 18.7. The van der Waals surface area contributed by atoms with Crippen LogP contribution in [0.25, 0.3) is 11.5 Å². The lowest BCUT2D eigenvalue weighted by Gasteiger charge is -2.15. The summed E-state index contributed by atoms with van der Waals surface area (Å²) >= 11 is 0. The summed E-state index contributed by atoms with van der Waals surface area (Å²) in [5.74, 6) is -0.616. The number of esters is 1. The number of pyridine rings is 1. The number of carbonyl (C=O) groups is 2. The van der Waals surface area contributed by atoms with Crippen molar-refractivity contribution in [2.45, 2.75) is 40.2 Å². The van der Waals surface area contributed by atoms with Gasteiger partial charge in [-0.1, -0.05) is 38.1 Å². The zero-order valence-corrected chi connectivity index (χ0v) is 18.7. The topological polar surface area (TPSA) is 116 Å². The third-order valence-corrected chi connectivity index (χ3v) is 4.76. The first kappa shape index (κ1) is 22.9. The van der Waals surface area contributed by atoms with Crippen LogP contribution in [0.4, 0.5) is 0 Å². The molecule has 2 aromatic heterocycles. The van der Waals surface area contributed by atoms with Crippen molar-refractivity contribution < 1.29 is 23.6 Å². The summed E-state index contributed by atoms with van der Waals surface area (Å²) in [6, 6.07) is 8.75. The minimum atomic E-state index is -0.587. The van der Waals surface area contributed by atoms with Gasteiger partial charge in [0.1, 0.15) is 0 Å². The number of nitrogens with one attached hydrogen (secondary N) is 1. The van der Waals surface area contributed by atoms with Crippen LogP contribution in [-0.2, 0) is 11.2 Å². The maximum absolute atomic E-state index is 12.9. The lowest BCUT2D eigenvalue weighted by atomic mass is 10.1. The molecule has 0 saturated heterocycles. The lowest BCUT2D eigenvalue weighted by Crippen LogP contribution is -2.29. The van der Waals surface area contributed by atoms with Crippen LogP contribution in [0.5, 0.6) is 11.5 Å². The zero-order chi connectivity index (χ0) is 23.3. The van der Waals surface area contributed by atoms with Gasteiger partial charge in [-0.15, -0.1) is 0 Å². The van der Waals surface area contributed by atoms with Gasteiger partial charge >= 0.3 is 5.97 Å². The predicted molar refractivity (Wildman–Crippen MR) is 116 cm³/mol. The number of aryl methyl sites for hydroxylation is 1. The molecule has 0 unspecified atom stereocenters. The number of amides is 1. The summed E-state index contributed by atoms with van der Waals surface area (Å²) in [6.45, 7) is 7.18. The number of hydrogen-bond donors (Lipinski definition) is 1. The molecule has 9 heteroatoms. The van der Waals surface area contributed by atoms with Gasteiger partial charge in [-0.3, -0.25) is 9.59 Å². The van der Waals surface area contributed by atoms with E-state index in [1.54, 1.807) is 20.8 Å². The molecule has 0 aliphatic heterocycles. The highest BCUT2D eigenvalue weighted by Gasteiger charge is 2.25. The molecule has 1 amide bonds. The molecule has 0 bridgehead atoms. The molecule has 32 heavy (non-hydrogen) atoms. The fraction of sp³-hybridized carbons (Fsp3) is 0.348. The number of carbonyl (C=O) groups excluding carboxylic acids is 2. The van der Waals surface area contributed by atoms with Gasteiger partial charge in [0.05, 0.1) is 19.1 Å². The number of aromatic nitrogens is 3. The van der Waals surface area contributed by atoms with Crippen LogP contribution in [0.1, 0.15) is 55.6 Å². The standard InChI is InChI=1S/C23H26N4O5/c1-6-15-7-9-16(10-8-15)22-26-20(27-32-22)14(4)25-21(28)18-19(31-23(29)13(2)3)17(30-5)11-12-24-18/h7-14H,6H2,1-5H3,(H,25,28)/t14-/m0/s1. The van der Waals surface area contributed by atoms with Gasteiger partial charge in [0, 0.05) is 17.8 Å². The molecular weight excluding hydrogens is 412 g/mol. The molecule has 1 aromatic carbocycles. The van der Waals surface area contributed by atoms with Crippen LogP contribution in [0.3, 0.4) is 0 Å². The summed E-state index contributed by atoms with van der Waals surface area (Å²) in [6.07, 6.45) is 2.34. The summed E-state index contributed by atoms with van der Waals surface area (Å²) in [5, 5.41) is 6.73. The summed E-state index contributed by atoms with van der Waals surface area (Å²) in [7, 11) is 1.42. The van der Waals surface area contributed by atoms with Gasteiger partial charge in [-0.2, -0.15) is 4.98 Å². The summed E-state index contributed by atoms with van der Waals surface area (Å²) < 4.78 is 16.0. The van der Waals surface area contributed by atoms with E-state index in [1.807, 2.05) is 24.3 Å². The largest absolute Gasteiger partial charge is 0.493 e. The van der Waals surface area contributed by atoms with E-state index in [1.165, 1.54) is 24.9 Å². The fourth-order valence-electron chi connectivity index (χ4n) is 2.81. The van der Waals surface area contributed by atoms with Gasteiger partial charge in [0.15, 0.2) is 17.3 Å². The van der Waals surface area contributed by atoms with Crippen molar-refractivity contribution in [3.63, 3.8) is 0 Å². The Balaban J connectivity index is 1.78. The first-order valence-electron chi connectivity index (χ1n) is 10.3. The Kier molecular flexibility index (Phi) is 7.19. The lowest BCUT2D eigenvalue weighted by molar-refractivity contribution is -0.137. The normalized spacial score (nSPS) is 11.8. The summed E-state index contributed by atoms with van der Waals surface area (Å²) in [4.78, 5) is 33.5. The first-order valence-corrected chi connectivity index (χ1v) is 10.3. The van der Waals surface area contributed by atoms with Crippen molar-refractivity contribution in [1.29, 1.82) is 0 Å². The average molecular weight is 438 g/mol. The molecule has 0 fully saturated rings. The quantitative estimate of drug-likeness (QED) is 0.529. The molecule has 0 saturated carbocycles. The van der Waals surface area contributed by atoms with Crippen LogP contribution >= 0.6 is 0 Å². The molecular formula is C23H26N4O5. The Morgan fingerprint density at radius 1 is 1.12 bits per heavy atom. The maximum Gasteiger partial charge on any atom is 0.313 e. The molecule has 168 valence electrons. The number of nitrogens with zero attached hydrogens (tertiary/aromatic N) is 3. The van der Waals surface area contributed by atoms with Gasteiger partial charge in [0.25, 0.3) is 11.8 Å². The van der Waals surface area contributed by atoms with Crippen LogP contribution in [0.15, 0.2) is 41.1 Å². The molecule has 3 rings (SSSR count). The minimum absolute atomic E-state index is 0.0387. The fourth-order valence-corrected chi connectivity index (χ4v) is 2.81. The van der Waals surface area contributed by atoms with Crippen molar-refractivity contribution in [3.05, 3.63) is 53.6 Å². The van der Waals surface area contributed by atoms with E-state index in [0.717, 1.165) is 12.0 Å². The molecule has 0 aliphatic carbocycles. The van der Waals surface area contributed by atoms with E-state index in [2.05, 4.69) is 27.4 Å². The van der Waals surface area contributed by atoms with Gasteiger partial charge in [-0.05, 0) is 31.0 Å². The van der Waals surface area contributed by atoms with Crippen molar-refractivity contribution in [2.24, 2.45) is 5.92 Å². The van der Waals surface area contributed by atoms with Crippen LogP contribution in [-0.4, -0.2) is 34.1 Å². The Labute approximate surface area is 186 Å². The molecule has 3 aromatic rings. The average Bonchev–Trinajstić information content (AvgIpc) is 3.29. The Bertz CT molecular complexity index is 1090. The third-order valence-electron chi connectivity index (χ3n) is 4.76. The minimum Gasteiger partial charge on any atom is -0.493 e. The Hall–Kier alpha value is -3.75. The number of rotatable bonds is 8. The molecule has 1 N–H and O–H groups in total. The van der Waals surface area contributed by atoms with Crippen LogP contribution in [0.2, 0.25) is 0 Å². The van der Waals surface area contributed by atoms with E-state index in [-0.39, 0.29) is 23.1 Å². The number of hydrogen-bond acceptors (Lipinski definition) is 8. The molecule has 0 radical (unpaired) electrons. The van der Waals surface area contributed by atoms with Crippen molar-refractivity contribution in [1.82, 2.24) is 20.4 Å². The van der Waals surface area contributed by atoms with E-state index < -0.39 is 17.9 Å². The second-order valence-electron chi connectivity index (χ2n) is 7.47. The maximum atomic E-state index is 12.9. The molecule has 0 spiro atoms. The van der Waals surface area contributed by atoms with Crippen LogP contribution < -0.4 is 14.8 Å². The first-order chi connectivity index (χ1) is 15.3. The van der Waals surface area contributed by atoms with Crippen molar-refractivity contribution in [3.8, 4) is 23.0 Å². The van der Waals surface area contributed by atoms with Gasteiger partial charge in [-0.25, -0.2) is 4.98 Å². The van der Waals surface area contributed by atoms with Crippen molar-refractivity contribution >= 4 is 11.9 Å². The highest BCUT2D eigenvalue weighted by atomic mass is 16.6. The highest BCUT2D eigenvalue weighted by Crippen LogP contribution is 2.30. The van der Waals surface area contributed by atoms with E-state index >= 15 is 0 Å². The number of ether oxygens (including phenoxy) is 2. The second kappa shape index (κ2) is 10.0. The SMILES string of the molecule is CCc1ccc(-c2nc([C@H](C)NC(=O)c3nccc(OC)c3OC(=O)C(C)C)no2)cc1. The van der Waals surface area contributed by atoms with Gasteiger partial charge < -0.3 is 19.3 Å². The molecule has 2 heterocycles. The Morgan fingerprint density at radius 2 is 1.84 bits per heavy atom. The molecule has 9 nitrogen and oxygen atoms in total. The smallest absolute Gasteiger partial charge is 0.313 e. The summed E-state index contributed by atoms with van der Waals surface area (Å²) in [5.41, 5.74) is 1.91. The predicted octanol–water partition coefficient (Wildman–Crippen LogP) is 3.76. The van der Waals surface area contributed by atoms with E-state index in [0.29, 0.717) is 11.7 Å². The van der Waals surface area contributed by atoms with E-state index in [4.69, 9.17) is 14.0 Å². The Morgan fingerprint density at radius 3 is 2.47 bits per heavy atom. The van der Waals surface area contributed by atoms with E-state index in [9.17, 15) is 9.59 Å². The monoisotopic (exact) mass is 438 g/mol. The second-order valence-corrected chi connectivity index (χ2v) is 7.47. The number of methoxy groups -OCH3 is 1. The van der Waals surface area contributed by atoms with Crippen LogP contribution in [0, 0.1) is 5.92 Å².